The van der Waals surface area contributed by atoms with Crippen molar-refractivity contribution in [2.24, 2.45) is 0 Å². The summed E-state index contributed by atoms with van der Waals surface area (Å²) in [7, 11) is 0. The Morgan fingerprint density at radius 2 is 1.97 bits per heavy atom. The zero-order valence-electron chi connectivity index (χ0n) is 18.9. The zero-order chi connectivity index (χ0) is 23.4. The molecular formula is C24H24N4O4S. The van der Waals surface area contributed by atoms with Crippen LogP contribution in [0, 0.1) is 13.8 Å². The highest BCUT2D eigenvalue weighted by atomic mass is 32.2. The molecule has 0 bridgehead atoms. The van der Waals surface area contributed by atoms with Gasteiger partial charge in [0, 0.05) is 4.90 Å². The number of thioether (sulfide) groups is 1. The van der Waals surface area contributed by atoms with Crippen LogP contribution in [0.5, 0.6) is 5.75 Å². The van der Waals surface area contributed by atoms with Crippen LogP contribution < -0.4 is 4.74 Å². The Bertz CT molecular complexity index is 1280. The number of carbonyl (C=O) groups is 1. The maximum Gasteiger partial charge on any atom is 0.361 e. The van der Waals surface area contributed by atoms with Crippen molar-refractivity contribution in [1.82, 2.24) is 20.0 Å². The molecule has 0 radical (unpaired) electrons. The zero-order valence-corrected chi connectivity index (χ0v) is 19.7. The fourth-order valence-electron chi connectivity index (χ4n) is 3.31. The molecule has 0 atom stereocenters. The first-order valence-electron chi connectivity index (χ1n) is 10.4. The summed E-state index contributed by atoms with van der Waals surface area (Å²) >= 11 is 1.63. The number of hydrogen-bond acceptors (Lipinski definition) is 8. The van der Waals surface area contributed by atoms with E-state index in [9.17, 15) is 4.79 Å². The molecule has 170 valence electrons. The van der Waals surface area contributed by atoms with Gasteiger partial charge in [-0.05, 0) is 57.4 Å². The monoisotopic (exact) mass is 464 g/mol. The van der Waals surface area contributed by atoms with Gasteiger partial charge in [-0.2, -0.15) is 0 Å². The Morgan fingerprint density at radius 3 is 2.76 bits per heavy atom. The summed E-state index contributed by atoms with van der Waals surface area (Å²) in [6, 6.07) is 15.4. The van der Waals surface area contributed by atoms with Crippen molar-refractivity contribution in [3.8, 4) is 22.9 Å². The number of aromatic nitrogens is 4. The van der Waals surface area contributed by atoms with E-state index in [-0.39, 0.29) is 12.3 Å². The van der Waals surface area contributed by atoms with Gasteiger partial charge in [0.1, 0.15) is 23.8 Å². The third kappa shape index (κ3) is 4.78. The average molecular weight is 465 g/mol. The van der Waals surface area contributed by atoms with Crippen LogP contribution in [0.15, 0.2) is 57.8 Å². The number of aryl methyl sites for hydroxylation is 1. The molecule has 4 rings (SSSR count). The molecule has 0 aliphatic rings. The van der Waals surface area contributed by atoms with Gasteiger partial charge < -0.3 is 13.9 Å². The molecule has 4 aromatic rings. The van der Waals surface area contributed by atoms with Crippen molar-refractivity contribution in [3.05, 3.63) is 71.4 Å². The van der Waals surface area contributed by atoms with Crippen LogP contribution in [0.2, 0.25) is 0 Å². The minimum absolute atomic E-state index is 0.0424. The lowest BCUT2D eigenvalue weighted by Gasteiger charge is -2.06. The summed E-state index contributed by atoms with van der Waals surface area (Å²) in [4.78, 5) is 18.3. The third-order valence-electron chi connectivity index (χ3n) is 5.04. The molecule has 0 aliphatic heterocycles. The van der Waals surface area contributed by atoms with Gasteiger partial charge in [0.2, 0.25) is 5.89 Å². The quantitative estimate of drug-likeness (QED) is 0.265. The van der Waals surface area contributed by atoms with E-state index in [1.807, 2.05) is 61.7 Å². The Hall–Kier alpha value is -3.59. The standard InChI is InChI=1S/C24H24N4O4S/c1-5-30-21-12-7-6-11-19(21)23-25-20(16(3)32-23)14-31-24(29)22-15(2)28(27-26-22)17-9-8-10-18(13-17)33-4/h6-13H,5,14H2,1-4H3. The number of para-hydroxylation sites is 1. The maximum absolute atomic E-state index is 12.7. The van der Waals surface area contributed by atoms with Crippen molar-refractivity contribution >= 4 is 17.7 Å². The highest BCUT2D eigenvalue weighted by Crippen LogP contribution is 2.31. The highest BCUT2D eigenvalue weighted by molar-refractivity contribution is 7.98. The topological polar surface area (TPSA) is 92.3 Å². The smallest absolute Gasteiger partial charge is 0.361 e. The van der Waals surface area contributed by atoms with Crippen molar-refractivity contribution < 1.29 is 18.7 Å². The van der Waals surface area contributed by atoms with Gasteiger partial charge >= 0.3 is 5.97 Å². The SMILES string of the molecule is CCOc1ccccc1-c1nc(COC(=O)c2nnn(-c3cccc(SC)c3)c2C)c(C)o1. The van der Waals surface area contributed by atoms with Gasteiger partial charge in [-0.1, -0.05) is 23.4 Å². The second-order valence-corrected chi connectivity index (χ2v) is 8.04. The second kappa shape index (κ2) is 9.91. The highest BCUT2D eigenvalue weighted by Gasteiger charge is 2.21. The average Bonchev–Trinajstić information content (AvgIpc) is 3.40. The van der Waals surface area contributed by atoms with E-state index < -0.39 is 5.97 Å². The van der Waals surface area contributed by atoms with Crippen molar-refractivity contribution in [2.75, 3.05) is 12.9 Å². The van der Waals surface area contributed by atoms with Crippen LogP contribution in [0.4, 0.5) is 0 Å². The van der Waals surface area contributed by atoms with Gasteiger partial charge in [0.25, 0.3) is 0 Å². The van der Waals surface area contributed by atoms with E-state index in [0.29, 0.717) is 35.4 Å². The number of nitrogens with zero attached hydrogens (tertiary/aromatic N) is 4. The Morgan fingerprint density at radius 1 is 1.15 bits per heavy atom. The van der Waals surface area contributed by atoms with E-state index in [2.05, 4.69) is 15.3 Å². The largest absolute Gasteiger partial charge is 0.493 e. The molecule has 2 aromatic heterocycles. The first-order chi connectivity index (χ1) is 16.0. The van der Waals surface area contributed by atoms with E-state index in [4.69, 9.17) is 13.9 Å². The molecule has 0 N–H and O–H groups in total. The van der Waals surface area contributed by atoms with Crippen LogP contribution >= 0.6 is 11.8 Å². The fourth-order valence-corrected chi connectivity index (χ4v) is 3.76. The molecule has 33 heavy (non-hydrogen) atoms. The predicted molar refractivity (Wildman–Crippen MR) is 125 cm³/mol. The third-order valence-corrected chi connectivity index (χ3v) is 5.76. The first-order valence-corrected chi connectivity index (χ1v) is 11.7. The summed E-state index contributed by atoms with van der Waals surface area (Å²) in [5.41, 5.74) is 2.86. The molecular weight excluding hydrogens is 440 g/mol. The minimum atomic E-state index is -0.571. The Balaban J connectivity index is 1.50. The van der Waals surface area contributed by atoms with E-state index in [1.165, 1.54) is 0 Å². The summed E-state index contributed by atoms with van der Waals surface area (Å²) in [5.74, 6) is 1.10. The normalized spacial score (nSPS) is 10.9. The molecule has 9 heteroatoms. The van der Waals surface area contributed by atoms with Crippen molar-refractivity contribution in [2.45, 2.75) is 32.3 Å². The Kier molecular flexibility index (Phi) is 6.79. The van der Waals surface area contributed by atoms with Crippen LogP contribution in [0.1, 0.15) is 34.6 Å². The van der Waals surface area contributed by atoms with Crippen LogP contribution in [0.25, 0.3) is 17.1 Å². The van der Waals surface area contributed by atoms with Crippen molar-refractivity contribution in [1.29, 1.82) is 0 Å². The molecule has 0 unspecified atom stereocenters. The molecule has 2 aromatic carbocycles. The van der Waals surface area contributed by atoms with Crippen LogP contribution in [-0.4, -0.2) is 38.8 Å². The molecule has 0 amide bonds. The molecule has 8 nitrogen and oxygen atoms in total. The lowest BCUT2D eigenvalue weighted by atomic mass is 10.2. The number of esters is 1. The lowest BCUT2D eigenvalue weighted by Crippen LogP contribution is -2.09. The van der Waals surface area contributed by atoms with E-state index in [0.717, 1.165) is 16.1 Å². The van der Waals surface area contributed by atoms with Crippen LogP contribution in [0.3, 0.4) is 0 Å². The number of oxazole rings is 1. The number of ether oxygens (including phenoxy) is 2. The molecule has 0 fully saturated rings. The summed E-state index contributed by atoms with van der Waals surface area (Å²) in [6.45, 7) is 5.97. The van der Waals surface area contributed by atoms with E-state index in [1.54, 1.807) is 30.3 Å². The summed E-state index contributed by atoms with van der Waals surface area (Å²) in [5, 5.41) is 8.17. The molecule has 0 saturated heterocycles. The van der Waals surface area contributed by atoms with Gasteiger partial charge in [-0.25, -0.2) is 14.5 Å². The maximum atomic E-state index is 12.7. The van der Waals surface area contributed by atoms with Crippen LogP contribution in [-0.2, 0) is 11.3 Å². The van der Waals surface area contributed by atoms with Gasteiger partial charge in [0.15, 0.2) is 5.69 Å². The molecule has 0 spiro atoms. The van der Waals surface area contributed by atoms with Gasteiger partial charge in [0.05, 0.1) is 23.6 Å². The number of hydrogen-bond donors (Lipinski definition) is 0. The molecule has 2 heterocycles. The Labute approximate surface area is 195 Å². The van der Waals surface area contributed by atoms with Gasteiger partial charge in [-0.3, -0.25) is 0 Å². The number of benzene rings is 2. The first kappa shape index (κ1) is 22.6. The predicted octanol–water partition coefficient (Wildman–Crippen LogP) is 5.02. The second-order valence-electron chi connectivity index (χ2n) is 7.16. The summed E-state index contributed by atoms with van der Waals surface area (Å²) in [6.07, 6.45) is 2.00. The number of rotatable bonds is 8. The van der Waals surface area contributed by atoms with Crippen molar-refractivity contribution in [3.63, 3.8) is 0 Å². The minimum Gasteiger partial charge on any atom is -0.493 e. The summed E-state index contributed by atoms with van der Waals surface area (Å²) < 4.78 is 18.6. The van der Waals surface area contributed by atoms with Gasteiger partial charge in [-0.15, -0.1) is 16.9 Å². The molecule has 0 aliphatic carbocycles. The van der Waals surface area contributed by atoms with E-state index >= 15 is 0 Å². The fraction of sp³-hybridized carbons (Fsp3) is 0.250. The number of carbonyl (C=O) groups excluding carboxylic acids is 1. The lowest BCUT2D eigenvalue weighted by molar-refractivity contribution is 0.0459. The molecule has 0 saturated carbocycles.